The fourth-order valence-corrected chi connectivity index (χ4v) is 2.98. The summed E-state index contributed by atoms with van der Waals surface area (Å²) in [7, 11) is 2.05. The van der Waals surface area contributed by atoms with Gasteiger partial charge in [0.05, 0.1) is 6.10 Å². The zero-order valence-corrected chi connectivity index (χ0v) is 13.9. The molecule has 0 spiro atoms. The van der Waals surface area contributed by atoms with E-state index in [9.17, 15) is 0 Å². The lowest BCUT2D eigenvalue weighted by Crippen LogP contribution is -2.37. The van der Waals surface area contributed by atoms with Gasteiger partial charge in [-0.3, -0.25) is 4.90 Å². The van der Waals surface area contributed by atoms with Crippen LogP contribution in [0.1, 0.15) is 50.3 Å². The average molecular weight is 290 g/mol. The molecule has 0 amide bonds. The van der Waals surface area contributed by atoms with Crippen molar-refractivity contribution in [1.82, 2.24) is 10.2 Å². The fourth-order valence-electron chi connectivity index (χ4n) is 2.98. The van der Waals surface area contributed by atoms with Crippen LogP contribution in [0, 0.1) is 0 Å². The van der Waals surface area contributed by atoms with E-state index >= 15 is 0 Å². The Kier molecular flexibility index (Phi) is 6.22. The molecule has 0 bridgehead atoms. The second kappa shape index (κ2) is 7.92. The summed E-state index contributed by atoms with van der Waals surface area (Å²) in [6.45, 7) is 10.8. The molecule has 1 fully saturated rings. The van der Waals surface area contributed by atoms with Gasteiger partial charge in [0, 0.05) is 32.3 Å². The number of hydrogen-bond donors (Lipinski definition) is 1. The largest absolute Gasteiger partial charge is 0.377 e. The van der Waals surface area contributed by atoms with Crippen LogP contribution in [-0.4, -0.2) is 44.3 Å². The standard InChI is InChI=1S/C18H30N2O/c1-14(2)16-6-8-17(9-7-16)18(19-4)13-20-10-5-11-21-15(3)12-20/h6-9,14-15,18-19H,5,10-13H2,1-4H3. The monoisotopic (exact) mass is 290 g/mol. The molecule has 1 aliphatic rings. The molecule has 1 N–H and O–H groups in total. The molecule has 1 aromatic carbocycles. The van der Waals surface area contributed by atoms with Crippen molar-refractivity contribution in [3.05, 3.63) is 35.4 Å². The first-order chi connectivity index (χ1) is 10.1. The van der Waals surface area contributed by atoms with Crippen molar-refractivity contribution in [3.63, 3.8) is 0 Å². The highest BCUT2D eigenvalue weighted by Crippen LogP contribution is 2.20. The molecule has 0 aromatic heterocycles. The highest BCUT2D eigenvalue weighted by molar-refractivity contribution is 5.27. The van der Waals surface area contributed by atoms with Crippen molar-refractivity contribution >= 4 is 0 Å². The normalized spacial score (nSPS) is 22.2. The third kappa shape index (κ3) is 4.80. The molecule has 1 aliphatic heterocycles. The second-order valence-electron chi connectivity index (χ2n) is 6.46. The maximum atomic E-state index is 5.73. The van der Waals surface area contributed by atoms with Crippen LogP contribution in [0.3, 0.4) is 0 Å². The zero-order chi connectivity index (χ0) is 15.2. The molecule has 1 heterocycles. The van der Waals surface area contributed by atoms with Gasteiger partial charge in [-0.15, -0.1) is 0 Å². The summed E-state index contributed by atoms with van der Waals surface area (Å²) in [5.74, 6) is 0.593. The third-order valence-corrected chi connectivity index (χ3v) is 4.33. The van der Waals surface area contributed by atoms with Crippen molar-refractivity contribution in [2.45, 2.75) is 45.3 Å². The van der Waals surface area contributed by atoms with Gasteiger partial charge < -0.3 is 10.1 Å². The van der Waals surface area contributed by atoms with Gasteiger partial charge in [0.15, 0.2) is 0 Å². The first-order valence-electron chi connectivity index (χ1n) is 8.21. The van der Waals surface area contributed by atoms with Gasteiger partial charge in [-0.25, -0.2) is 0 Å². The quantitative estimate of drug-likeness (QED) is 0.901. The summed E-state index contributed by atoms with van der Waals surface area (Å²) < 4.78 is 5.73. The summed E-state index contributed by atoms with van der Waals surface area (Å²) in [6, 6.07) is 9.45. The van der Waals surface area contributed by atoms with E-state index in [2.05, 4.69) is 62.3 Å². The molecular weight excluding hydrogens is 260 g/mol. The summed E-state index contributed by atoms with van der Waals surface area (Å²) in [5.41, 5.74) is 2.78. The van der Waals surface area contributed by atoms with Crippen molar-refractivity contribution in [2.24, 2.45) is 0 Å². The Hall–Kier alpha value is -0.900. The van der Waals surface area contributed by atoms with Gasteiger partial charge in [-0.1, -0.05) is 38.1 Å². The minimum atomic E-state index is 0.341. The smallest absolute Gasteiger partial charge is 0.0673 e. The molecule has 118 valence electrons. The lowest BCUT2D eigenvalue weighted by molar-refractivity contribution is 0.0665. The highest BCUT2D eigenvalue weighted by Gasteiger charge is 2.19. The summed E-state index contributed by atoms with van der Waals surface area (Å²) >= 11 is 0. The van der Waals surface area contributed by atoms with E-state index < -0.39 is 0 Å². The molecule has 2 unspecified atom stereocenters. The maximum Gasteiger partial charge on any atom is 0.0673 e. The number of benzene rings is 1. The summed E-state index contributed by atoms with van der Waals surface area (Å²) in [5, 5.41) is 3.47. The Labute approximate surface area is 129 Å². The van der Waals surface area contributed by atoms with Gasteiger partial charge in [0.25, 0.3) is 0 Å². The summed E-state index contributed by atoms with van der Waals surface area (Å²) in [4.78, 5) is 2.52. The summed E-state index contributed by atoms with van der Waals surface area (Å²) in [6.07, 6.45) is 1.47. The Balaban J connectivity index is 2.01. The molecular formula is C18H30N2O. The molecule has 0 aliphatic carbocycles. The number of hydrogen-bond acceptors (Lipinski definition) is 3. The number of likely N-dealkylation sites (N-methyl/N-ethyl adjacent to an activating group) is 1. The third-order valence-electron chi connectivity index (χ3n) is 4.33. The van der Waals surface area contributed by atoms with E-state index in [1.54, 1.807) is 0 Å². The molecule has 1 aromatic rings. The van der Waals surface area contributed by atoms with E-state index in [-0.39, 0.29) is 0 Å². The van der Waals surface area contributed by atoms with Gasteiger partial charge in [0.2, 0.25) is 0 Å². The number of nitrogens with one attached hydrogen (secondary N) is 1. The number of nitrogens with zero attached hydrogens (tertiary/aromatic N) is 1. The maximum absolute atomic E-state index is 5.73. The van der Waals surface area contributed by atoms with Crippen molar-refractivity contribution in [2.75, 3.05) is 33.3 Å². The van der Waals surface area contributed by atoms with E-state index in [0.717, 1.165) is 32.7 Å². The Morgan fingerprint density at radius 3 is 2.52 bits per heavy atom. The molecule has 0 saturated carbocycles. The van der Waals surface area contributed by atoms with Gasteiger partial charge in [0.1, 0.15) is 0 Å². The average Bonchev–Trinajstić information content (AvgIpc) is 2.69. The lowest BCUT2D eigenvalue weighted by atomic mass is 9.99. The molecule has 2 rings (SSSR count). The van der Waals surface area contributed by atoms with Crippen LogP contribution >= 0.6 is 0 Å². The Morgan fingerprint density at radius 2 is 1.90 bits per heavy atom. The van der Waals surface area contributed by atoms with Gasteiger partial charge in [-0.2, -0.15) is 0 Å². The van der Waals surface area contributed by atoms with Crippen LogP contribution in [0.4, 0.5) is 0 Å². The van der Waals surface area contributed by atoms with E-state index in [4.69, 9.17) is 4.74 Å². The van der Waals surface area contributed by atoms with Gasteiger partial charge in [-0.05, 0) is 37.4 Å². The van der Waals surface area contributed by atoms with Crippen LogP contribution in [0.5, 0.6) is 0 Å². The molecule has 0 radical (unpaired) electrons. The van der Waals surface area contributed by atoms with Crippen LogP contribution in [0.25, 0.3) is 0 Å². The minimum Gasteiger partial charge on any atom is -0.377 e. The SMILES string of the molecule is CNC(CN1CCCOC(C)C1)c1ccc(C(C)C)cc1. The van der Waals surface area contributed by atoms with Crippen molar-refractivity contribution < 1.29 is 4.74 Å². The van der Waals surface area contributed by atoms with Crippen LogP contribution in [-0.2, 0) is 4.74 Å². The van der Waals surface area contributed by atoms with Crippen LogP contribution in [0.15, 0.2) is 24.3 Å². The highest BCUT2D eigenvalue weighted by atomic mass is 16.5. The Morgan fingerprint density at radius 1 is 1.24 bits per heavy atom. The predicted octanol–water partition coefficient (Wildman–Crippen LogP) is 3.18. The van der Waals surface area contributed by atoms with Crippen molar-refractivity contribution in [1.29, 1.82) is 0 Å². The first-order valence-corrected chi connectivity index (χ1v) is 8.21. The van der Waals surface area contributed by atoms with Crippen molar-refractivity contribution in [3.8, 4) is 0 Å². The fraction of sp³-hybridized carbons (Fsp3) is 0.667. The zero-order valence-electron chi connectivity index (χ0n) is 13.9. The lowest BCUT2D eigenvalue weighted by Gasteiger charge is -2.27. The molecule has 3 heteroatoms. The minimum absolute atomic E-state index is 0.341. The first kappa shape index (κ1) is 16.5. The molecule has 3 nitrogen and oxygen atoms in total. The van der Waals surface area contributed by atoms with E-state index in [0.29, 0.717) is 18.1 Å². The number of ether oxygens (including phenoxy) is 1. The molecule has 21 heavy (non-hydrogen) atoms. The van der Waals surface area contributed by atoms with E-state index in [1.807, 2.05) is 0 Å². The molecule has 2 atom stereocenters. The second-order valence-corrected chi connectivity index (χ2v) is 6.46. The molecule has 1 saturated heterocycles. The Bertz CT molecular complexity index is 416. The predicted molar refractivity (Wildman–Crippen MR) is 88.8 cm³/mol. The van der Waals surface area contributed by atoms with Crippen LogP contribution < -0.4 is 5.32 Å². The van der Waals surface area contributed by atoms with Gasteiger partial charge >= 0.3 is 0 Å². The topological polar surface area (TPSA) is 24.5 Å². The van der Waals surface area contributed by atoms with E-state index in [1.165, 1.54) is 11.1 Å². The van der Waals surface area contributed by atoms with Crippen LogP contribution in [0.2, 0.25) is 0 Å². The number of rotatable bonds is 5.